The third-order valence-corrected chi connectivity index (χ3v) is 3.32. The largest absolute Gasteiger partial charge is 0.496 e. The lowest BCUT2D eigenvalue weighted by Crippen LogP contribution is -2.23. The number of halogens is 1. The highest BCUT2D eigenvalue weighted by Crippen LogP contribution is 2.20. The summed E-state index contributed by atoms with van der Waals surface area (Å²) in [6, 6.07) is 11.4. The van der Waals surface area contributed by atoms with Crippen LogP contribution in [-0.2, 0) is 6.54 Å². The summed E-state index contributed by atoms with van der Waals surface area (Å²) in [6.45, 7) is 0.157. The van der Waals surface area contributed by atoms with Gasteiger partial charge in [0.05, 0.1) is 25.2 Å². The summed E-state index contributed by atoms with van der Waals surface area (Å²) in [5.74, 6) is 0.151. The van der Waals surface area contributed by atoms with Crippen LogP contribution in [-0.4, -0.2) is 16.9 Å². The van der Waals surface area contributed by atoms with Gasteiger partial charge in [0, 0.05) is 10.9 Å². The average Bonchev–Trinajstić information content (AvgIpc) is 2.51. The lowest BCUT2D eigenvalue weighted by atomic mass is 10.2. The van der Waals surface area contributed by atoms with Crippen LogP contribution in [0.5, 0.6) is 5.75 Å². The van der Waals surface area contributed by atoms with Gasteiger partial charge in [-0.1, -0.05) is 18.2 Å². The number of fused-ring (bicyclic) bond motifs is 1. The fraction of sp³-hybridized carbons (Fsp3) is 0.125. The van der Waals surface area contributed by atoms with Gasteiger partial charge in [0.1, 0.15) is 11.6 Å². The van der Waals surface area contributed by atoms with E-state index in [-0.39, 0.29) is 17.9 Å². The summed E-state index contributed by atoms with van der Waals surface area (Å²) >= 11 is 0. The Morgan fingerprint density at radius 1 is 1.24 bits per heavy atom. The van der Waals surface area contributed by atoms with Gasteiger partial charge >= 0.3 is 0 Å². The lowest BCUT2D eigenvalue weighted by molar-refractivity contribution is 0.405. The average molecular weight is 284 g/mol. The summed E-state index contributed by atoms with van der Waals surface area (Å²) in [5.41, 5.74) is 0.363. The Morgan fingerprint density at radius 2 is 2.05 bits per heavy atom. The van der Waals surface area contributed by atoms with Crippen molar-refractivity contribution >= 4 is 10.8 Å². The number of nitrogens with zero attached hydrogens (tertiary/aromatic N) is 2. The van der Waals surface area contributed by atoms with Crippen LogP contribution in [0, 0.1) is 5.82 Å². The zero-order valence-corrected chi connectivity index (χ0v) is 11.4. The number of benzene rings is 2. The zero-order chi connectivity index (χ0) is 14.8. The van der Waals surface area contributed by atoms with Gasteiger partial charge in [0.2, 0.25) is 0 Å². The number of rotatable bonds is 3. The standard InChI is InChI=1S/C16H13FN2O2/c1-21-15-7-6-13(17)8-12(15)10-19-16(20)14-5-3-2-4-11(14)9-18-19/h2-9H,10H2,1H3. The monoisotopic (exact) mass is 284 g/mol. The fourth-order valence-corrected chi connectivity index (χ4v) is 2.27. The Hall–Kier alpha value is -2.69. The topological polar surface area (TPSA) is 44.1 Å². The maximum atomic E-state index is 13.4. The van der Waals surface area contributed by atoms with Gasteiger partial charge in [-0.3, -0.25) is 4.79 Å². The molecule has 1 aromatic heterocycles. The van der Waals surface area contributed by atoms with Crippen molar-refractivity contribution in [2.45, 2.75) is 6.54 Å². The van der Waals surface area contributed by atoms with Crippen molar-refractivity contribution < 1.29 is 9.13 Å². The van der Waals surface area contributed by atoms with Crippen LogP contribution in [0.2, 0.25) is 0 Å². The molecule has 0 radical (unpaired) electrons. The number of hydrogen-bond donors (Lipinski definition) is 0. The van der Waals surface area contributed by atoms with E-state index in [0.29, 0.717) is 16.7 Å². The first-order chi connectivity index (χ1) is 10.2. The van der Waals surface area contributed by atoms with E-state index in [1.54, 1.807) is 18.3 Å². The Balaban J connectivity index is 2.08. The summed E-state index contributed by atoms with van der Waals surface area (Å²) in [6.07, 6.45) is 1.63. The van der Waals surface area contributed by atoms with Gasteiger partial charge in [-0.05, 0) is 24.3 Å². The van der Waals surface area contributed by atoms with Crippen molar-refractivity contribution in [3.63, 3.8) is 0 Å². The van der Waals surface area contributed by atoms with Crippen molar-refractivity contribution in [2.24, 2.45) is 0 Å². The minimum atomic E-state index is -0.375. The van der Waals surface area contributed by atoms with E-state index in [2.05, 4.69) is 5.10 Å². The van der Waals surface area contributed by atoms with Crippen molar-refractivity contribution in [2.75, 3.05) is 7.11 Å². The van der Waals surface area contributed by atoms with Crippen LogP contribution in [0.15, 0.2) is 53.5 Å². The predicted octanol–water partition coefficient (Wildman–Crippen LogP) is 2.59. The van der Waals surface area contributed by atoms with Crippen LogP contribution in [0.25, 0.3) is 10.8 Å². The number of methoxy groups -OCH3 is 1. The molecule has 0 atom stereocenters. The molecule has 0 amide bonds. The van der Waals surface area contributed by atoms with Crippen molar-refractivity contribution in [3.8, 4) is 5.75 Å². The highest BCUT2D eigenvalue weighted by atomic mass is 19.1. The molecule has 0 saturated carbocycles. The van der Waals surface area contributed by atoms with Crippen molar-refractivity contribution in [3.05, 3.63) is 70.4 Å². The summed E-state index contributed by atoms with van der Waals surface area (Å²) in [7, 11) is 1.51. The third kappa shape index (κ3) is 2.50. The second-order valence-corrected chi connectivity index (χ2v) is 4.65. The Morgan fingerprint density at radius 3 is 2.86 bits per heavy atom. The molecule has 4 nitrogen and oxygen atoms in total. The first-order valence-corrected chi connectivity index (χ1v) is 6.46. The smallest absolute Gasteiger partial charge is 0.274 e. The molecule has 5 heteroatoms. The van der Waals surface area contributed by atoms with Crippen LogP contribution < -0.4 is 10.3 Å². The van der Waals surface area contributed by atoms with E-state index < -0.39 is 0 Å². The van der Waals surface area contributed by atoms with E-state index in [1.807, 2.05) is 12.1 Å². The first kappa shape index (κ1) is 13.3. The molecule has 0 unspecified atom stereocenters. The summed E-state index contributed by atoms with van der Waals surface area (Å²) < 4.78 is 19.9. The highest BCUT2D eigenvalue weighted by molar-refractivity contribution is 5.80. The number of ether oxygens (including phenoxy) is 1. The highest BCUT2D eigenvalue weighted by Gasteiger charge is 2.09. The number of hydrogen-bond acceptors (Lipinski definition) is 3. The quantitative estimate of drug-likeness (QED) is 0.742. The van der Waals surface area contributed by atoms with Crippen LogP contribution in [0.4, 0.5) is 4.39 Å². The Bertz CT molecular complexity index is 858. The molecule has 0 spiro atoms. The van der Waals surface area contributed by atoms with Gasteiger partial charge in [0.25, 0.3) is 5.56 Å². The lowest BCUT2D eigenvalue weighted by Gasteiger charge is -2.10. The van der Waals surface area contributed by atoms with E-state index in [0.717, 1.165) is 5.39 Å². The fourth-order valence-electron chi connectivity index (χ4n) is 2.27. The van der Waals surface area contributed by atoms with E-state index in [9.17, 15) is 9.18 Å². The van der Waals surface area contributed by atoms with Crippen molar-refractivity contribution in [1.29, 1.82) is 0 Å². The van der Waals surface area contributed by atoms with Crippen LogP contribution >= 0.6 is 0 Å². The first-order valence-electron chi connectivity index (χ1n) is 6.46. The molecule has 0 aliphatic rings. The molecule has 0 fully saturated rings. The number of aromatic nitrogens is 2. The van der Waals surface area contributed by atoms with E-state index >= 15 is 0 Å². The van der Waals surface area contributed by atoms with Crippen molar-refractivity contribution in [1.82, 2.24) is 9.78 Å². The molecule has 0 aliphatic carbocycles. The minimum Gasteiger partial charge on any atom is -0.496 e. The van der Waals surface area contributed by atoms with E-state index in [1.165, 1.54) is 30.0 Å². The molecule has 0 aliphatic heterocycles. The van der Waals surface area contributed by atoms with Gasteiger partial charge in [0.15, 0.2) is 0 Å². The Labute approximate surface area is 120 Å². The minimum absolute atomic E-state index is 0.157. The zero-order valence-electron chi connectivity index (χ0n) is 11.4. The third-order valence-electron chi connectivity index (χ3n) is 3.32. The predicted molar refractivity (Wildman–Crippen MR) is 78.1 cm³/mol. The molecule has 1 heterocycles. The molecule has 0 saturated heterocycles. The van der Waals surface area contributed by atoms with Crippen LogP contribution in [0.1, 0.15) is 5.56 Å². The Kier molecular flexibility index (Phi) is 3.39. The van der Waals surface area contributed by atoms with Gasteiger partial charge in [-0.2, -0.15) is 5.10 Å². The molecular weight excluding hydrogens is 271 g/mol. The molecule has 3 rings (SSSR count). The molecule has 21 heavy (non-hydrogen) atoms. The molecule has 0 bridgehead atoms. The second-order valence-electron chi connectivity index (χ2n) is 4.65. The molecular formula is C16H13FN2O2. The summed E-state index contributed by atoms with van der Waals surface area (Å²) in [5, 5.41) is 5.50. The maximum absolute atomic E-state index is 13.4. The van der Waals surface area contributed by atoms with Gasteiger partial charge in [-0.15, -0.1) is 0 Å². The SMILES string of the molecule is COc1ccc(F)cc1Cn1ncc2ccccc2c1=O. The molecule has 2 aromatic carbocycles. The normalized spacial score (nSPS) is 10.8. The van der Waals surface area contributed by atoms with E-state index in [4.69, 9.17) is 4.74 Å². The molecule has 106 valence electrons. The van der Waals surface area contributed by atoms with Crippen LogP contribution in [0.3, 0.4) is 0 Å². The van der Waals surface area contributed by atoms with Gasteiger partial charge < -0.3 is 4.74 Å². The molecule has 3 aromatic rings. The maximum Gasteiger partial charge on any atom is 0.274 e. The summed E-state index contributed by atoms with van der Waals surface area (Å²) in [4.78, 5) is 12.4. The van der Waals surface area contributed by atoms with Gasteiger partial charge in [-0.25, -0.2) is 9.07 Å². The second kappa shape index (κ2) is 5.36. The molecule has 0 N–H and O–H groups in total.